The van der Waals surface area contributed by atoms with E-state index in [1.165, 1.54) is 19.8 Å². The molecule has 1 aliphatic carbocycles. The van der Waals surface area contributed by atoms with Gasteiger partial charge in [0.05, 0.1) is 38.2 Å². The summed E-state index contributed by atoms with van der Waals surface area (Å²) >= 11 is 0. The molecule has 57 heavy (non-hydrogen) atoms. The highest BCUT2D eigenvalue weighted by Gasteiger charge is 2.39. The Morgan fingerprint density at radius 1 is 0.702 bits per heavy atom. The zero-order chi connectivity index (χ0) is 40.1. The van der Waals surface area contributed by atoms with Gasteiger partial charge in [-0.3, -0.25) is 9.59 Å². The number of nitrogens with zero attached hydrogens (tertiary/aromatic N) is 4. The van der Waals surface area contributed by atoms with E-state index >= 15 is 0 Å². The van der Waals surface area contributed by atoms with Gasteiger partial charge in [-0.1, -0.05) is 68.4 Å². The molecule has 2 aromatic carbocycles. The topological polar surface area (TPSA) is 175 Å². The number of methoxy groups -OCH3 is 2. The van der Waals surface area contributed by atoms with E-state index in [9.17, 15) is 19.2 Å². The zero-order valence-electron chi connectivity index (χ0n) is 33.2. The average Bonchev–Trinajstić information content (AvgIpc) is 4.09. The molecule has 302 valence electrons. The molecule has 0 bridgehead atoms. The molecule has 1 saturated carbocycles. The monoisotopic (exact) mass is 778 g/mol. The molecule has 4 aromatic rings. The summed E-state index contributed by atoms with van der Waals surface area (Å²) < 4.78 is 9.60. The zero-order valence-corrected chi connectivity index (χ0v) is 33.2. The van der Waals surface area contributed by atoms with Gasteiger partial charge in [0.2, 0.25) is 5.91 Å². The number of hydrogen-bond acceptors (Lipinski definition) is 8. The van der Waals surface area contributed by atoms with Crippen LogP contribution in [0.25, 0.3) is 11.3 Å². The first-order valence-corrected chi connectivity index (χ1v) is 20.2. The Morgan fingerprint density at radius 2 is 1.28 bits per heavy atom. The van der Waals surface area contributed by atoms with Gasteiger partial charge >= 0.3 is 12.2 Å². The lowest BCUT2D eigenvalue weighted by molar-refractivity contribution is -0.135. The number of imidazole rings is 2. The maximum absolute atomic E-state index is 13.9. The standard InChI is InChI=1S/C43H54N8O6/c1-26(2)36(48-42(54)56-3)40(52)50-22-8-12-34(50)38-44-24-32(46-38)29-18-14-27(15-19-29)28-16-20-30(21-17-28)33-25-45-39(47-33)35-13-9-23-51(35)41(53)37(49-43(55)57-4)31-10-6-5-7-11-31/h5-7,10-11,14-15,18-19,24-26,28,30,34-37H,8-9,12-13,16-17,20-23H2,1-4H3,(H,44,46)(H,45,47)(H,48,54)(H,49,55)/t28-,30-,34-,35-,36-,37+/m0/s1. The summed E-state index contributed by atoms with van der Waals surface area (Å²) in [6.45, 7) is 5.02. The van der Waals surface area contributed by atoms with Crippen molar-refractivity contribution in [3.63, 3.8) is 0 Å². The number of aromatic amines is 2. The van der Waals surface area contributed by atoms with E-state index in [4.69, 9.17) is 19.4 Å². The molecule has 4 N–H and O–H groups in total. The third-order valence-corrected chi connectivity index (χ3v) is 12.0. The lowest BCUT2D eigenvalue weighted by atomic mass is 9.77. The van der Waals surface area contributed by atoms with Gasteiger partial charge in [-0.25, -0.2) is 19.6 Å². The predicted octanol–water partition coefficient (Wildman–Crippen LogP) is 7.05. The highest BCUT2D eigenvalue weighted by Crippen LogP contribution is 2.42. The fourth-order valence-electron chi connectivity index (χ4n) is 8.84. The highest BCUT2D eigenvalue weighted by molar-refractivity contribution is 5.88. The molecule has 14 nitrogen and oxygen atoms in total. The maximum atomic E-state index is 13.9. The number of likely N-dealkylation sites (tertiary alicyclic amines) is 2. The van der Waals surface area contributed by atoms with Crippen molar-refractivity contribution in [1.29, 1.82) is 0 Å². The molecule has 3 aliphatic rings. The molecule has 14 heteroatoms. The Kier molecular flexibility index (Phi) is 12.2. The summed E-state index contributed by atoms with van der Waals surface area (Å²) in [5.74, 6) is 1.97. The van der Waals surface area contributed by atoms with E-state index in [0.717, 1.165) is 80.0 Å². The summed E-state index contributed by atoms with van der Waals surface area (Å²) in [4.78, 5) is 71.9. The van der Waals surface area contributed by atoms with E-state index in [1.807, 2.05) is 66.4 Å². The fraction of sp³-hybridized carbons (Fsp3) is 0.488. The van der Waals surface area contributed by atoms with Gasteiger partial charge in [-0.15, -0.1) is 0 Å². The summed E-state index contributed by atoms with van der Waals surface area (Å²) in [5.41, 5.74) is 5.08. The summed E-state index contributed by atoms with van der Waals surface area (Å²) in [6.07, 6.45) is 10.0. The first-order valence-electron chi connectivity index (χ1n) is 20.2. The second-order valence-electron chi connectivity index (χ2n) is 15.8. The predicted molar refractivity (Wildman–Crippen MR) is 213 cm³/mol. The van der Waals surface area contributed by atoms with Crippen LogP contribution in [0.2, 0.25) is 0 Å². The number of carbonyl (C=O) groups is 4. The van der Waals surface area contributed by atoms with Crippen LogP contribution in [-0.4, -0.2) is 87.1 Å². The number of benzene rings is 2. The maximum Gasteiger partial charge on any atom is 0.407 e. The number of rotatable bonds is 11. The lowest BCUT2D eigenvalue weighted by Gasteiger charge is -2.30. The van der Waals surface area contributed by atoms with E-state index < -0.39 is 24.3 Å². The van der Waals surface area contributed by atoms with Crippen LogP contribution < -0.4 is 10.6 Å². The van der Waals surface area contributed by atoms with Crippen molar-refractivity contribution in [3.8, 4) is 11.3 Å². The van der Waals surface area contributed by atoms with Crippen LogP contribution in [0.3, 0.4) is 0 Å². The number of ether oxygens (including phenoxy) is 2. The number of alkyl carbamates (subject to hydrolysis) is 2. The van der Waals surface area contributed by atoms with Crippen molar-refractivity contribution in [2.24, 2.45) is 5.92 Å². The molecule has 2 aliphatic heterocycles. The Hall–Kier alpha value is -5.66. The molecular formula is C43H54N8O6. The third kappa shape index (κ3) is 8.69. The minimum absolute atomic E-state index is 0.0948. The van der Waals surface area contributed by atoms with E-state index in [2.05, 4.69) is 44.9 Å². The van der Waals surface area contributed by atoms with Crippen molar-refractivity contribution in [3.05, 3.63) is 95.5 Å². The molecule has 4 atom stereocenters. The van der Waals surface area contributed by atoms with E-state index in [-0.39, 0.29) is 29.8 Å². The van der Waals surface area contributed by atoms with Crippen LogP contribution in [0.15, 0.2) is 67.0 Å². The van der Waals surface area contributed by atoms with Crippen LogP contribution in [0.4, 0.5) is 9.59 Å². The smallest absolute Gasteiger partial charge is 0.407 e. The van der Waals surface area contributed by atoms with Gasteiger partial charge in [0, 0.05) is 30.9 Å². The highest BCUT2D eigenvalue weighted by atomic mass is 16.5. The normalized spacial score (nSPS) is 21.9. The Labute approximate surface area is 333 Å². The molecule has 0 radical (unpaired) electrons. The second-order valence-corrected chi connectivity index (χ2v) is 15.8. The molecular weight excluding hydrogens is 725 g/mol. The van der Waals surface area contributed by atoms with Crippen LogP contribution in [0.1, 0.15) is 124 Å². The molecule has 7 rings (SSSR count). The van der Waals surface area contributed by atoms with Crippen LogP contribution in [-0.2, 0) is 19.1 Å². The van der Waals surface area contributed by atoms with Crippen molar-refractivity contribution >= 4 is 24.0 Å². The van der Waals surface area contributed by atoms with Gasteiger partial charge in [0.1, 0.15) is 23.7 Å². The van der Waals surface area contributed by atoms with Crippen molar-refractivity contribution in [1.82, 2.24) is 40.4 Å². The first-order chi connectivity index (χ1) is 27.6. The SMILES string of the molecule is COC(=O)N[C@H](C(=O)N1CCC[C@H]1c1ncc(-c2ccc([C@H]3CC[C@H](c4cnc([C@@H]5CCCN5C(=O)[C@H](NC(=O)OC)c5ccccc5)[nH]4)CC3)cc2)[nH]1)C(C)C. The van der Waals surface area contributed by atoms with Crippen molar-refractivity contribution < 1.29 is 28.7 Å². The van der Waals surface area contributed by atoms with E-state index in [1.54, 1.807) is 0 Å². The quantitative estimate of drug-likeness (QED) is 0.125. The Morgan fingerprint density at radius 3 is 1.91 bits per heavy atom. The molecule has 3 fully saturated rings. The molecule has 4 heterocycles. The second kappa shape index (κ2) is 17.6. The van der Waals surface area contributed by atoms with Crippen molar-refractivity contribution in [2.45, 2.75) is 101 Å². The number of H-pyrrole nitrogens is 2. The molecule has 4 amide bonds. The van der Waals surface area contributed by atoms with Gasteiger partial charge in [0.25, 0.3) is 5.91 Å². The fourth-order valence-corrected chi connectivity index (χ4v) is 8.84. The third-order valence-electron chi connectivity index (χ3n) is 12.0. The Bertz CT molecular complexity index is 2000. The van der Waals surface area contributed by atoms with Gasteiger partial charge in [0.15, 0.2) is 0 Å². The number of carbonyl (C=O) groups excluding carboxylic acids is 4. The molecule has 0 unspecified atom stereocenters. The minimum atomic E-state index is -0.850. The summed E-state index contributed by atoms with van der Waals surface area (Å²) in [6, 6.07) is 16.1. The largest absolute Gasteiger partial charge is 0.453 e. The van der Waals surface area contributed by atoms with Crippen LogP contribution in [0, 0.1) is 5.92 Å². The molecule has 2 saturated heterocycles. The molecule has 0 spiro atoms. The van der Waals surface area contributed by atoms with Crippen molar-refractivity contribution in [2.75, 3.05) is 27.3 Å². The van der Waals surface area contributed by atoms with Gasteiger partial charge < -0.3 is 39.9 Å². The number of nitrogens with one attached hydrogen (secondary N) is 4. The Balaban J connectivity index is 0.951. The average molecular weight is 779 g/mol. The number of amides is 4. The number of hydrogen-bond donors (Lipinski definition) is 4. The van der Waals surface area contributed by atoms with Crippen LogP contribution >= 0.6 is 0 Å². The minimum Gasteiger partial charge on any atom is -0.453 e. The number of aromatic nitrogens is 4. The van der Waals surface area contributed by atoms with Gasteiger partial charge in [-0.2, -0.15) is 0 Å². The first kappa shape index (κ1) is 39.6. The van der Waals surface area contributed by atoms with Crippen LogP contribution in [0.5, 0.6) is 0 Å². The lowest BCUT2D eigenvalue weighted by Crippen LogP contribution is -2.51. The van der Waals surface area contributed by atoms with E-state index in [0.29, 0.717) is 30.5 Å². The van der Waals surface area contributed by atoms with Gasteiger partial charge in [-0.05, 0) is 79.9 Å². The summed E-state index contributed by atoms with van der Waals surface area (Å²) in [5, 5.41) is 5.44. The molecule has 2 aromatic heterocycles. The summed E-state index contributed by atoms with van der Waals surface area (Å²) in [7, 11) is 2.59.